The molecule has 1 aliphatic heterocycles. The summed E-state index contributed by atoms with van der Waals surface area (Å²) in [7, 11) is 1.63. The Morgan fingerprint density at radius 3 is 3.04 bits per heavy atom. The van der Waals surface area contributed by atoms with E-state index in [-0.39, 0.29) is 11.8 Å². The second kappa shape index (κ2) is 6.95. The lowest BCUT2D eigenvalue weighted by molar-refractivity contribution is -0.128. The number of methoxy groups -OCH3 is 1. The molecule has 3 aromatic rings. The maximum Gasteiger partial charge on any atom is 0.232 e. The van der Waals surface area contributed by atoms with E-state index >= 15 is 0 Å². The number of carbonyl (C=O) groups is 1. The molecular formula is C19H18N4O3. The van der Waals surface area contributed by atoms with E-state index in [0.29, 0.717) is 31.2 Å². The second-order valence-electron chi connectivity index (χ2n) is 6.22. The summed E-state index contributed by atoms with van der Waals surface area (Å²) in [6.45, 7) is 1.10. The molecule has 1 aromatic carbocycles. The Kier molecular flexibility index (Phi) is 4.35. The van der Waals surface area contributed by atoms with Gasteiger partial charge >= 0.3 is 0 Å². The molecular weight excluding hydrogens is 332 g/mol. The first-order chi connectivity index (χ1) is 12.7. The van der Waals surface area contributed by atoms with Crippen LogP contribution >= 0.6 is 0 Å². The van der Waals surface area contributed by atoms with E-state index in [4.69, 9.17) is 9.26 Å². The summed E-state index contributed by atoms with van der Waals surface area (Å²) >= 11 is 0. The van der Waals surface area contributed by atoms with E-state index < -0.39 is 0 Å². The fourth-order valence-corrected chi connectivity index (χ4v) is 3.09. The van der Waals surface area contributed by atoms with Gasteiger partial charge in [0.2, 0.25) is 17.6 Å². The number of hydrogen-bond donors (Lipinski definition) is 0. The molecule has 1 unspecified atom stereocenters. The van der Waals surface area contributed by atoms with Gasteiger partial charge in [-0.05, 0) is 29.8 Å². The number of amides is 1. The molecule has 1 fully saturated rings. The van der Waals surface area contributed by atoms with Gasteiger partial charge in [-0.3, -0.25) is 9.78 Å². The Morgan fingerprint density at radius 1 is 1.31 bits per heavy atom. The highest BCUT2D eigenvalue weighted by Crippen LogP contribution is 2.29. The van der Waals surface area contributed by atoms with Crippen molar-refractivity contribution in [2.24, 2.45) is 0 Å². The lowest BCUT2D eigenvalue weighted by Crippen LogP contribution is -2.24. The highest BCUT2D eigenvalue weighted by molar-refractivity contribution is 5.79. The smallest absolute Gasteiger partial charge is 0.232 e. The van der Waals surface area contributed by atoms with Crippen LogP contribution in [0.1, 0.15) is 23.8 Å². The third kappa shape index (κ3) is 3.28. The van der Waals surface area contributed by atoms with Gasteiger partial charge < -0.3 is 14.2 Å². The van der Waals surface area contributed by atoms with Crippen LogP contribution in [0.2, 0.25) is 0 Å². The molecule has 0 spiro atoms. The Bertz CT molecular complexity index is 910. The highest BCUT2D eigenvalue weighted by Gasteiger charge is 2.34. The van der Waals surface area contributed by atoms with Crippen molar-refractivity contribution in [3.05, 3.63) is 60.2 Å². The van der Waals surface area contributed by atoms with Gasteiger partial charge in [-0.25, -0.2) is 0 Å². The SMILES string of the molecule is COc1cccc(CN2CC(c3nc(-c4cccnc4)no3)CC2=O)c1. The van der Waals surface area contributed by atoms with Crippen molar-refractivity contribution in [1.82, 2.24) is 20.0 Å². The van der Waals surface area contributed by atoms with Crippen LogP contribution in [0.3, 0.4) is 0 Å². The molecule has 0 radical (unpaired) electrons. The first-order valence-electron chi connectivity index (χ1n) is 8.37. The predicted octanol–water partition coefficient (Wildman–Crippen LogP) is 2.66. The molecule has 3 heterocycles. The first-order valence-corrected chi connectivity index (χ1v) is 8.37. The number of hydrogen-bond acceptors (Lipinski definition) is 6. The van der Waals surface area contributed by atoms with Crippen molar-refractivity contribution in [1.29, 1.82) is 0 Å². The van der Waals surface area contributed by atoms with Crippen molar-refractivity contribution in [3.63, 3.8) is 0 Å². The summed E-state index contributed by atoms with van der Waals surface area (Å²) in [5.41, 5.74) is 1.82. The first kappa shape index (κ1) is 16.3. The van der Waals surface area contributed by atoms with Crippen molar-refractivity contribution < 1.29 is 14.1 Å². The number of aromatic nitrogens is 3. The molecule has 0 bridgehead atoms. The van der Waals surface area contributed by atoms with E-state index in [1.165, 1.54) is 0 Å². The number of likely N-dealkylation sites (tertiary alicyclic amines) is 1. The van der Waals surface area contributed by atoms with Crippen LogP contribution in [0.5, 0.6) is 5.75 Å². The Balaban J connectivity index is 1.47. The molecule has 1 amide bonds. The quantitative estimate of drug-likeness (QED) is 0.704. The Labute approximate surface area is 150 Å². The molecule has 0 N–H and O–H groups in total. The molecule has 0 aliphatic carbocycles. The minimum Gasteiger partial charge on any atom is -0.497 e. The van der Waals surface area contributed by atoms with Gasteiger partial charge in [-0.1, -0.05) is 17.3 Å². The van der Waals surface area contributed by atoms with E-state index in [2.05, 4.69) is 15.1 Å². The van der Waals surface area contributed by atoms with Gasteiger partial charge in [-0.15, -0.1) is 0 Å². The number of rotatable bonds is 5. The lowest BCUT2D eigenvalue weighted by Gasteiger charge is -2.16. The van der Waals surface area contributed by atoms with Crippen LogP contribution in [-0.4, -0.2) is 39.6 Å². The van der Waals surface area contributed by atoms with Crippen LogP contribution in [0.25, 0.3) is 11.4 Å². The average molecular weight is 350 g/mol. The molecule has 26 heavy (non-hydrogen) atoms. The van der Waals surface area contributed by atoms with Crippen LogP contribution in [0.4, 0.5) is 0 Å². The number of nitrogens with zero attached hydrogens (tertiary/aromatic N) is 4. The zero-order valence-electron chi connectivity index (χ0n) is 14.3. The van der Waals surface area contributed by atoms with Crippen molar-refractivity contribution in [2.75, 3.05) is 13.7 Å². The molecule has 7 heteroatoms. The maximum atomic E-state index is 12.4. The second-order valence-corrected chi connectivity index (χ2v) is 6.22. The number of carbonyl (C=O) groups excluding carboxylic acids is 1. The number of pyridine rings is 1. The third-order valence-corrected chi connectivity index (χ3v) is 4.43. The summed E-state index contributed by atoms with van der Waals surface area (Å²) in [4.78, 5) is 22.7. The molecule has 0 saturated carbocycles. The number of ether oxygens (including phenoxy) is 1. The fraction of sp³-hybridized carbons (Fsp3) is 0.263. The van der Waals surface area contributed by atoms with Crippen molar-refractivity contribution in [3.8, 4) is 17.1 Å². The standard InChI is InChI=1S/C19H18N4O3/c1-25-16-6-2-4-13(8-16)11-23-12-15(9-17(23)24)19-21-18(22-26-19)14-5-3-7-20-10-14/h2-8,10,15H,9,11-12H2,1H3. The van der Waals surface area contributed by atoms with Crippen molar-refractivity contribution >= 4 is 5.91 Å². The van der Waals surface area contributed by atoms with Gasteiger partial charge in [0.1, 0.15) is 5.75 Å². The molecule has 7 nitrogen and oxygen atoms in total. The number of benzene rings is 1. The van der Waals surface area contributed by atoms with Gasteiger partial charge in [0.15, 0.2) is 0 Å². The lowest BCUT2D eigenvalue weighted by atomic mass is 10.1. The van der Waals surface area contributed by atoms with E-state index in [1.807, 2.05) is 41.3 Å². The molecule has 1 aliphatic rings. The zero-order chi connectivity index (χ0) is 17.9. The summed E-state index contributed by atoms with van der Waals surface area (Å²) in [6, 6.07) is 11.4. The molecule has 1 saturated heterocycles. The van der Waals surface area contributed by atoms with E-state index in [9.17, 15) is 4.79 Å². The largest absolute Gasteiger partial charge is 0.497 e. The molecule has 132 valence electrons. The third-order valence-electron chi connectivity index (χ3n) is 4.43. The Hall–Kier alpha value is -3.22. The normalized spacial score (nSPS) is 16.9. The Morgan fingerprint density at radius 2 is 2.23 bits per heavy atom. The highest BCUT2D eigenvalue weighted by atomic mass is 16.5. The molecule has 2 aromatic heterocycles. The van der Waals surface area contributed by atoms with Crippen LogP contribution in [-0.2, 0) is 11.3 Å². The maximum absolute atomic E-state index is 12.4. The summed E-state index contributed by atoms with van der Waals surface area (Å²) in [6.07, 6.45) is 3.75. The minimum atomic E-state index is -0.0916. The van der Waals surface area contributed by atoms with Gasteiger partial charge in [0, 0.05) is 37.5 Å². The minimum absolute atomic E-state index is 0.0824. The van der Waals surface area contributed by atoms with E-state index in [0.717, 1.165) is 16.9 Å². The molecule has 1 atom stereocenters. The van der Waals surface area contributed by atoms with Crippen molar-refractivity contribution in [2.45, 2.75) is 18.9 Å². The van der Waals surface area contributed by atoms with Crippen LogP contribution in [0.15, 0.2) is 53.3 Å². The van der Waals surface area contributed by atoms with Crippen LogP contribution in [0, 0.1) is 0 Å². The average Bonchev–Trinajstić information content (AvgIpc) is 3.30. The summed E-state index contributed by atoms with van der Waals surface area (Å²) < 4.78 is 10.6. The summed E-state index contributed by atoms with van der Waals surface area (Å²) in [5, 5.41) is 4.02. The predicted molar refractivity (Wildman–Crippen MR) is 93.3 cm³/mol. The topological polar surface area (TPSA) is 81.3 Å². The van der Waals surface area contributed by atoms with Gasteiger partial charge in [0.05, 0.1) is 13.0 Å². The van der Waals surface area contributed by atoms with Crippen LogP contribution < -0.4 is 4.74 Å². The van der Waals surface area contributed by atoms with Gasteiger partial charge in [-0.2, -0.15) is 4.98 Å². The fourth-order valence-electron chi connectivity index (χ4n) is 3.09. The monoisotopic (exact) mass is 350 g/mol. The van der Waals surface area contributed by atoms with Gasteiger partial charge in [0.25, 0.3) is 0 Å². The summed E-state index contributed by atoms with van der Waals surface area (Å²) in [5.74, 6) is 1.76. The zero-order valence-corrected chi connectivity index (χ0v) is 14.3. The van der Waals surface area contributed by atoms with E-state index in [1.54, 1.807) is 19.5 Å². The molecule has 4 rings (SSSR count).